The van der Waals surface area contributed by atoms with E-state index in [9.17, 15) is 9.90 Å². The second-order valence-electron chi connectivity index (χ2n) is 3.79. The average molecular weight is 238 g/mol. The van der Waals surface area contributed by atoms with Crippen LogP contribution in [0.5, 0.6) is 11.5 Å². The molecule has 0 amide bonds. The molecule has 0 saturated carbocycles. The van der Waals surface area contributed by atoms with Crippen molar-refractivity contribution >= 4 is 5.97 Å². The highest BCUT2D eigenvalue weighted by molar-refractivity contribution is 5.76. The normalized spacial score (nSPS) is 15.2. The van der Waals surface area contributed by atoms with Crippen molar-refractivity contribution in [3.8, 4) is 11.5 Å². The fourth-order valence-electron chi connectivity index (χ4n) is 1.76. The summed E-state index contributed by atoms with van der Waals surface area (Å²) in [5, 5.41) is 9.74. The molecule has 1 heterocycles. The second kappa shape index (κ2) is 4.63. The van der Waals surface area contributed by atoms with Crippen molar-refractivity contribution in [2.45, 2.75) is 13.0 Å². The molecule has 92 valence electrons. The number of aliphatic hydroxyl groups is 1. The van der Waals surface area contributed by atoms with Crippen LogP contribution in [0, 0.1) is 6.92 Å². The van der Waals surface area contributed by atoms with Gasteiger partial charge in [-0.25, -0.2) is 4.79 Å². The van der Waals surface area contributed by atoms with Gasteiger partial charge in [-0.1, -0.05) is 0 Å². The first-order valence-electron chi connectivity index (χ1n) is 5.29. The third-order valence-electron chi connectivity index (χ3n) is 2.59. The Balaban J connectivity index is 2.37. The molecule has 5 nitrogen and oxygen atoms in total. The fourth-order valence-corrected chi connectivity index (χ4v) is 1.76. The summed E-state index contributed by atoms with van der Waals surface area (Å²) in [5.41, 5.74) is 1.26. The van der Waals surface area contributed by atoms with E-state index in [4.69, 9.17) is 9.47 Å². The lowest BCUT2D eigenvalue weighted by molar-refractivity contribution is -0.150. The number of hydrogen-bond donors (Lipinski definition) is 1. The van der Waals surface area contributed by atoms with Crippen molar-refractivity contribution < 1.29 is 24.1 Å². The Morgan fingerprint density at radius 2 is 2.12 bits per heavy atom. The van der Waals surface area contributed by atoms with Gasteiger partial charge in [0, 0.05) is 0 Å². The largest absolute Gasteiger partial charge is 0.486 e. The van der Waals surface area contributed by atoms with Crippen LogP contribution < -0.4 is 9.47 Å². The second-order valence-corrected chi connectivity index (χ2v) is 3.79. The van der Waals surface area contributed by atoms with Crippen LogP contribution in [0.3, 0.4) is 0 Å². The average Bonchev–Trinajstić information content (AvgIpc) is 2.37. The van der Waals surface area contributed by atoms with Gasteiger partial charge in [-0.05, 0) is 30.2 Å². The standard InChI is InChI=1S/C12H14O5/c1-7-5-8(10(13)12(14)15-2)6-9-11(7)17-4-3-16-9/h5-6,10,13H,3-4H2,1-2H3. The third-order valence-corrected chi connectivity index (χ3v) is 2.59. The maximum Gasteiger partial charge on any atom is 0.339 e. The predicted molar refractivity (Wildman–Crippen MR) is 59.1 cm³/mol. The molecule has 0 fully saturated rings. The van der Waals surface area contributed by atoms with Crippen LogP contribution in [0.4, 0.5) is 0 Å². The number of ether oxygens (including phenoxy) is 3. The minimum Gasteiger partial charge on any atom is -0.486 e. The molecule has 0 spiro atoms. The van der Waals surface area contributed by atoms with Crippen LogP contribution in [0.1, 0.15) is 17.2 Å². The number of benzene rings is 1. The molecule has 5 heteroatoms. The van der Waals surface area contributed by atoms with Crippen molar-refractivity contribution in [1.29, 1.82) is 0 Å². The molecular formula is C12H14O5. The molecule has 0 radical (unpaired) electrons. The topological polar surface area (TPSA) is 65.0 Å². The van der Waals surface area contributed by atoms with Crippen LogP contribution in [-0.4, -0.2) is 31.4 Å². The molecule has 0 bridgehead atoms. The van der Waals surface area contributed by atoms with Gasteiger partial charge < -0.3 is 19.3 Å². The zero-order valence-electron chi connectivity index (χ0n) is 9.73. The zero-order chi connectivity index (χ0) is 12.4. The lowest BCUT2D eigenvalue weighted by Crippen LogP contribution is -2.18. The van der Waals surface area contributed by atoms with Crippen LogP contribution in [-0.2, 0) is 9.53 Å². The van der Waals surface area contributed by atoms with Crippen LogP contribution in [0.2, 0.25) is 0 Å². The van der Waals surface area contributed by atoms with Crippen molar-refractivity contribution in [3.05, 3.63) is 23.3 Å². The smallest absolute Gasteiger partial charge is 0.339 e. The number of carbonyl (C=O) groups excluding carboxylic acids is 1. The van der Waals surface area contributed by atoms with E-state index in [1.807, 2.05) is 6.92 Å². The van der Waals surface area contributed by atoms with E-state index in [2.05, 4.69) is 4.74 Å². The van der Waals surface area contributed by atoms with Crippen LogP contribution in [0.25, 0.3) is 0 Å². The first kappa shape index (κ1) is 11.7. The molecule has 1 unspecified atom stereocenters. The molecular weight excluding hydrogens is 224 g/mol. The minimum absolute atomic E-state index is 0.443. The number of fused-ring (bicyclic) bond motifs is 1. The van der Waals surface area contributed by atoms with Gasteiger partial charge in [0.25, 0.3) is 0 Å². The Kier molecular flexibility index (Phi) is 3.19. The molecule has 0 aliphatic carbocycles. The van der Waals surface area contributed by atoms with Crippen molar-refractivity contribution in [3.63, 3.8) is 0 Å². The van der Waals surface area contributed by atoms with Gasteiger partial charge in [0.15, 0.2) is 17.6 Å². The van der Waals surface area contributed by atoms with Gasteiger partial charge in [-0.2, -0.15) is 0 Å². The third kappa shape index (κ3) is 2.19. The van der Waals surface area contributed by atoms with E-state index in [1.165, 1.54) is 7.11 Å². The van der Waals surface area contributed by atoms with Crippen molar-refractivity contribution in [2.75, 3.05) is 20.3 Å². The zero-order valence-corrected chi connectivity index (χ0v) is 9.73. The number of methoxy groups -OCH3 is 1. The molecule has 1 atom stereocenters. The summed E-state index contributed by atoms with van der Waals surface area (Å²) >= 11 is 0. The van der Waals surface area contributed by atoms with Crippen molar-refractivity contribution in [1.82, 2.24) is 0 Å². The van der Waals surface area contributed by atoms with E-state index >= 15 is 0 Å². The van der Waals surface area contributed by atoms with E-state index in [-0.39, 0.29) is 0 Å². The van der Waals surface area contributed by atoms with E-state index in [1.54, 1.807) is 12.1 Å². The van der Waals surface area contributed by atoms with E-state index < -0.39 is 12.1 Å². The monoisotopic (exact) mass is 238 g/mol. The molecule has 1 aliphatic heterocycles. The predicted octanol–water partition coefficient (Wildman–Crippen LogP) is 0.973. The minimum atomic E-state index is -1.30. The fraction of sp³-hybridized carbons (Fsp3) is 0.417. The van der Waals surface area contributed by atoms with E-state index in [0.29, 0.717) is 30.3 Å². The van der Waals surface area contributed by atoms with Gasteiger partial charge in [0.1, 0.15) is 13.2 Å². The maximum absolute atomic E-state index is 11.2. The van der Waals surface area contributed by atoms with Gasteiger partial charge in [0.2, 0.25) is 0 Å². The highest BCUT2D eigenvalue weighted by Gasteiger charge is 2.22. The number of aryl methyl sites for hydroxylation is 1. The molecule has 1 N–H and O–H groups in total. The summed E-state index contributed by atoms with van der Waals surface area (Å²) in [7, 11) is 1.23. The first-order chi connectivity index (χ1) is 8.13. The van der Waals surface area contributed by atoms with Crippen LogP contribution in [0.15, 0.2) is 12.1 Å². The Morgan fingerprint density at radius 3 is 2.82 bits per heavy atom. The lowest BCUT2D eigenvalue weighted by Gasteiger charge is -2.21. The maximum atomic E-state index is 11.2. The first-order valence-corrected chi connectivity index (χ1v) is 5.29. The number of hydrogen-bond acceptors (Lipinski definition) is 5. The van der Waals surface area contributed by atoms with Gasteiger partial charge in [-0.3, -0.25) is 0 Å². The summed E-state index contributed by atoms with van der Waals surface area (Å²) in [5.74, 6) is 0.521. The SMILES string of the molecule is COC(=O)C(O)c1cc(C)c2c(c1)OCCO2. The molecule has 1 aromatic carbocycles. The summed E-state index contributed by atoms with van der Waals surface area (Å²) in [6, 6.07) is 3.29. The number of esters is 1. The number of rotatable bonds is 2. The molecule has 2 rings (SSSR count). The van der Waals surface area contributed by atoms with Gasteiger partial charge in [-0.15, -0.1) is 0 Å². The molecule has 1 aliphatic rings. The Labute approximate surface area is 98.9 Å². The van der Waals surface area contributed by atoms with E-state index in [0.717, 1.165) is 5.56 Å². The Bertz CT molecular complexity index is 441. The summed E-state index contributed by atoms with van der Waals surface area (Å²) in [4.78, 5) is 11.2. The van der Waals surface area contributed by atoms with Gasteiger partial charge in [0.05, 0.1) is 7.11 Å². The Hall–Kier alpha value is -1.75. The van der Waals surface area contributed by atoms with Gasteiger partial charge >= 0.3 is 5.97 Å². The highest BCUT2D eigenvalue weighted by atomic mass is 16.6. The molecule has 17 heavy (non-hydrogen) atoms. The Morgan fingerprint density at radius 1 is 1.41 bits per heavy atom. The molecule has 1 aromatic rings. The van der Waals surface area contributed by atoms with Crippen LogP contribution >= 0.6 is 0 Å². The summed E-state index contributed by atoms with van der Waals surface area (Å²) in [6.07, 6.45) is -1.30. The molecule has 0 saturated heterocycles. The summed E-state index contributed by atoms with van der Waals surface area (Å²) in [6.45, 7) is 2.80. The van der Waals surface area contributed by atoms with Crippen molar-refractivity contribution in [2.24, 2.45) is 0 Å². The quantitative estimate of drug-likeness (QED) is 0.778. The number of aliphatic hydroxyl groups excluding tert-OH is 1. The number of carbonyl (C=O) groups is 1. The summed E-state index contributed by atoms with van der Waals surface area (Å²) < 4.78 is 15.4. The highest BCUT2D eigenvalue weighted by Crippen LogP contribution is 2.36. The lowest BCUT2D eigenvalue weighted by atomic mass is 10.0. The molecule has 0 aromatic heterocycles.